The van der Waals surface area contributed by atoms with Crippen molar-refractivity contribution >= 4 is 74.4 Å². The Morgan fingerprint density at radius 1 is 1.12 bits per heavy atom. The number of fused-ring (bicyclic) bond motifs is 1. The number of aromatic nitrogens is 1. The van der Waals surface area contributed by atoms with Crippen molar-refractivity contribution < 1.29 is 28.4 Å². The van der Waals surface area contributed by atoms with E-state index in [1.807, 2.05) is 30.5 Å². The summed E-state index contributed by atoms with van der Waals surface area (Å²) < 4.78 is 24.4. The average molecular weight is 700 g/mol. The van der Waals surface area contributed by atoms with E-state index in [9.17, 15) is 24.1 Å². The third-order valence-electron chi connectivity index (χ3n) is 7.48. The summed E-state index contributed by atoms with van der Waals surface area (Å²) in [4.78, 5) is 46.8. The van der Waals surface area contributed by atoms with Gasteiger partial charge < -0.3 is 19.8 Å². The maximum Gasteiger partial charge on any atom is 0.269 e. The van der Waals surface area contributed by atoms with Gasteiger partial charge in [0.2, 0.25) is 0 Å². The molecule has 0 saturated carbocycles. The summed E-state index contributed by atoms with van der Waals surface area (Å²) in [6.07, 6.45) is 4.12. The number of nitrogens with one attached hydrogen (secondary N) is 2. The fourth-order valence-electron chi connectivity index (χ4n) is 5.10. The summed E-state index contributed by atoms with van der Waals surface area (Å²) >= 11 is 7.73. The van der Waals surface area contributed by atoms with E-state index in [4.69, 9.17) is 21.1 Å². The van der Waals surface area contributed by atoms with Gasteiger partial charge in [0.25, 0.3) is 17.5 Å². The van der Waals surface area contributed by atoms with Gasteiger partial charge in [0.05, 0.1) is 27.6 Å². The van der Waals surface area contributed by atoms with Gasteiger partial charge >= 0.3 is 0 Å². The number of amidine groups is 1. The molecular formula is C35H27ClFN5O6S. The second-order valence-electron chi connectivity index (χ2n) is 10.7. The van der Waals surface area contributed by atoms with Gasteiger partial charge in [-0.05, 0) is 90.0 Å². The summed E-state index contributed by atoms with van der Waals surface area (Å²) in [5.74, 6) is -0.827. The minimum absolute atomic E-state index is 0.0670. The number of para-hydroxylation sites is 1. The Kier molecular flexibility index (Phi) is 9.92. The standard InChI is InChI=1S/C35H27ClFN5O6S/c1-47-30-17-21(16-28(36)33(30)48-20-32(43)39-24-8-6-23(37)7-9-24)18-31-34(44)41(15-14-22-19-38-29-5-3-2-4-27(22)29)35(49-31)40-25-10-12-26(13-11-25)42(45)46/h2-13,16-19,38H,14-15,20H2,1H3,(H,39,43)/b31-18-,40-35?. The third-order valence-corrected chi connectivity index (χ3v) is 8.77. The highest BCUT2D eigenvalue weighted by molar-refractivity contribution is 8.18. The van der Waals surface area contributed by atoms with Crippen LogP contribution in [0.5, 0.6) is 11.5 Å². The Hall–Kier alpha value is -5.66. The number of halogens is 2. The molecule has 5 aromatic rings. The minimum atomic E-state index is -0.489. The number of thioether (sulfide) groups is 1. The summed E-state index contributed by atoms with van der Waals surface area (Å²) in [5, 5.41) is 15.4. The molecule has 49 heavy (non-hydrogen) atoms. The molecule has 6 rings (SSSR count). The van der Waals surface area contributed by atoms with Crippen LogP contribution < -0.4 is 14.8 Å². The summed E-state index contributed by atoms with van der Waals surface area (Å²) in [6.45, 7) is -0.0657. The monoisotopic (exact) mass is 699 g/mol. The van der Waals surface area contributed by atoms with E-state index in [1.54, 1.807) is 23.1 Å². The number of anilines is 1. The topological polar surface area (TPSA) is 139 Å². The van der Waals surface area contributed by atoms with Crippen LogP contribution in [0, 0.1) is 15.9 Å². The Balaban J connectivity index is 1.24. The fraction of sp³-hybridized carbons (Fsp3) is 0.114. The number of aliphatic imine (C=N–C) groups is 1. The second kappa shape index (κ2) is 14.6. The first-order valence-electron chi connectivity index (χ1n) is 14.8. The molecule has 1 aromatic heterocycles. The van der Waals surface area contributed by atoms with E-state index < -0.39 is 23.3 Å². The first-order chi connectivity index (χ1) is 23.7. The van der Waals surface area contributed by atoms with Gasteiger partial charge in [0.1, 0.15) is 5.82 Å². The van der Waals surface area contributed by atoms with Gasteiger partial charge in [-0.15, -0.1) is 0 Å². The van der Waals surface area contributed by atoms with Gasteiger partial charge in [-0.2, -0.15) is 0 Å². The molecule has 4 aromatic carbocycles. The largest absolute Gasteiger partial charge is 0.493 e. The molecule has 11 nitrogen and oxygen atoms in total. The highest BCUT2D eigenvalue weighted by Gasteiger charge is 2.33. The average Bonchev–Trinajstić information content (AvgIpc) is 3.63. The van der Waals surface area contributed by atoms with Crippen molar-refractivity contribution in [1.82, 2.24) is 9.88 Å². The number of carbonyl (C=O) groups excluding carboxylic acids is 2. The fourth-order valence-corrected chi connectivity index (χ4v) is 6.40. The number of amides is 2. The van der Waals surface area contributed by atoms with Gasteiger partial charge in [-0.25, -0.2) is 9.38 Å². The molecular weight excluding hydrogens is 673 g/mol. The van der Waals surface area contributed by atoms with E-state index in [2.05, 4.69) is 15.3 Å². The molecule has 1 saturated heterocycles. The number of hydrogen-bond acceptors (Lipinski definition) is 8. The number of aromatic amines is 1. The smallest absolute Gasteiger partial charge is 0.269 e. The van der Waals surface area contributed by atoms with E-state index in [0.29, 0.717) is 40.0 Å². The van der Waals surface area contributed by atoms with Crippen LogP contribution in [0.1, 0.15) is 11.1 Å². The Morgan fingerprint density at radius 2 is 1.88 bits per heavy atom. The summed E-state index contributed by atoms with van der Waals surface area (Å²) in [6, 6.07) is 22.2. The van der Waals surface area contributed by atoms with E-state index in [1.165, 1.54) is 55.6 Å². The zero-order valence-corrected chi connectivity index (χ0v) is 27.4. The van der Waals surface area contributed by atoms with Crippen molar-refractivity contribution in [2.24, 2.45) is 4.99 Å². The number of carbonyl (C=O) groups is 2. The van der Waals surface area contributed by atoms with E-state index in [0.717, 1.165) is 28.2 Å². The van der Waals surface area contributed by atoms with Crippen LogP contribution in [0.2, 0.25) is 5.02 Å². The van der Waals surface area contributed by atoms with Gasteiger partial charge in [-0.3, -0.25) is 24.6 Å². The van der Waals surface area contributed by atoms with E-state index >= 15 is 0 Å². The van der Waals surface area contributed by atoms with Crippen molar-refractivity contribution in [3.8, 4) is 11.5 Å². The van der Waals surface area contributed by atoms with Gasteiger partial charge in [0, 0.05) is 41.5 Å². The molecule has 0 spiro atoms. The van der Waals surface area contributed by atoms with Crippen LogP contribution >= 0.6 is 23.4 Å². The van der Waals surface area contributed by atoms with Crippen molar-refractivity contribution in [3.63, 3.8) is 0 Å². The van der Waals surface area contributed by atoms with Crippen molar-refractivity contribution in [1.29, 1.82) is 0 Å². The second-order valence-corrected chi connectivity index (χ2v) is 12.1. The third kappa shape index (κ3) is 7.74. The molecule has 1 aliphatic rings. The molecule has 2 amide bonds. The number of H-pyrrole nitrogens is 1. The lowest BCUT2D eigenvalue weighted by molar-refractivity contribution is -0.384. The van der Waals surface area contributed by atoms with Gasteiger partial charge in [-0.1, -0.05) is 29.8 Å². The van der Waals surface area contributed by atoms with E-state index in [-0.39, 0.29) is 28.1 Å². The van der Waals surface area contributed by atoms with Gasteiger partial charge in [0.15, 0.2) is 23.3 Å². The number of nitrogens with zero attached hydrogens (tertiary/aromatic N) is 3. The zero-order valence-electron chi connectivity index (χ0n) is 25.8. The number of rotatable bonds is 11. The van der Waals surface area contributed by atoms with Crippen LogP contribution in [-0.2, 0) is 16.0 Å². The van der Waals surface area contributed by atoms with Crippen molar-refractivity contribution in [3.05, 3.63) is 128 Å². The van der Waals surface area contributed by atoms with Crippen LogP contribution in [-0.4, -0.2) is 52.1 Å². The first kappa shape index (κ1) is 33.2. The number of methoxy groups -OCH3 is 1. The number of ether oxygens (including phenoxy) is 2. The number of benzene rings is 4. The summed E-state index contributed by atoms with van der Waals surface area (Å²) in [5.41, 5.74) is 3.36. The lowest BCUT2D eigenvalue weighted by atomic mass is 10.1. The van der Waals surface area contributed by atoms with Crippen LogP contribution in [0.25, 0.3) is 17.0 Å². The predicted octanol–water partition coefficient (Wildman–Crippen LogP) is 7.74. The highest BCUT2D eigenvalue weighted by Crippen LogP contribution is 2.40. The lowest BCUT2D eigenvalue weighted by Crippen LogP contribution is -2.31. The number of hydrogen-bond donors (Lipinski definition) is 2. The predicted molar refractivity (Wildman–Crippen MR) is 188 cm³/mol. The number of non-ortho nitro benzene ring substituents is 1. The lowest BCUT2D eigenvalue weighted by Gasteiger charge is -2.15. The first-order valence-corrected chi connectivity index (χ1v) is 16.0. The zero-order chi connectivity index (χ0) is 34.5. The number of nitro benzene ring substituents is 1. The molecule has 2 heterocycles. The molecule has 0 bridgehead atoms. The Morgan fingerprint density at radius 3 is 2.61 bits per heavy atom. The number of nitro groups is 1. The maximum absolute atomic E-state index is 13.8. The molecule has 0 atom stereocenters. The molecule has 248 valence electrons. The molecule has 0 unspecified atom stereocenters. The normalized spacial score (nSPS) is 14.5. The van der Waals surface area contributed by atoms with Crippen LogP contribution in [0.3, 0.4) is 0 Å². The quantitative estimate of drug-likeness (QED) is 0.0817. The Bertz CT molecular complexity index is 2120. The van der Waals surface area contributed by atoms with Crippen molar-refractivity contribution in [2.75, 3.05) is 25.6 Å². The van der Waals surface area contributed by atoms with Crippen molar-refractivity contribution in [2.45, 2.75) is 6.42 Å². The Labute approximate surface area is 288 Å². The van der Waals surface area contributed by atoms with Crippen LogP contribution in [0.15, 0.2) is 101 Å². The minimum Gasteiger partial charge on any atom is -0.493 e. The maximum atomic E-state index is 13.8. The molecule has 0 radical (unpaired) electrons. The molecule has 14 heteroatoms. The SMILES string of the molecule is COc1cc(/C=C2\SC(=Nc3ccc([N+](=O)[O-])cc3)N(CCc3c[nH]c4ccccc34)C2=O)cc(Cl)c1OCC(=O)Nc1ccc(F)cc1. The van der Waals surface area contributed by atoms with Crippen LogP contribution in [0.4, 0.5) is 21.5 Å². The molecule has 1 aliphatic heterocycles. The molecule has 1 fully saturated rings. The highest BCUT2D eigenvalue weighted by atomic mass is 35.5. The molecule has 0 aliphatic carbocycles. The molecule has 2 N–H and O–H groups in total. The summed E-state index contributed by atoms with van der Waals surface area (Å²) in [7, 11) is 1.42.